The predicted octanol–water partition coefficient (Wildman–Crippen LogP) is 2.84. The summed E-state index contributed by atoms with van der Waals surface area (Å²) in [6.45, 7) is 0. The minimum atomic E-state index is 0.335. The van der Waals surface area contributed by atoms with Crippen molar-refractivity contribution in [2.24, 2.45) is 0 Å². The van der Waals surface area contributed by atoms with Gasteiger partial charge in [0.05, 0.1) is 0 Å². The van der Waals surface area contributed by atoms with Gasteiger partial charge in [0.15, 0.2) is 12.2 Å². The zero-order chi connectivity index (χ0) is 10.7. The van der Waals surface area contributed by atoms with Gasteiger partial charge in [0.25, 0.3) is 0 Å². The maximum atomic E-state index is 10.4. The van der Waals surface area contributed by atoms with E-state index >= 15 is 0 Å². The van der Waals surface area contributed by atoms with E-state index in [-0.39, 0.29) is 0 Å². The number of hydrogen-bond donors (Lipinski definition) is 0. The molecule has 4 heteroatoms. The second-order valence-electron chi connectivity index (χ2n) is 3.09. The van der Waals surface area contributed by atoms with Gasteiger partial charge in [-0.05, 0) is 17.7 Å². The van der Waals surface area contributed by atoms with Crippen molar-refractivity contribution in [3.8, 4) is 0 Å². The maximum Gasteiger partial charge on any atom is 0.199 e. The molecule has 0 aliphatic carbocycles. The molecule has 1 heterocycles. The SMILES string of the molecule is O=Cc1coc(Cc2ccc(Br)cc2)n1. The van der Waals surface area contributed by atoms with Crippen LogP contribution in [0.3, 0.4) is 0 Å². The van der Waals surface area contributed by atoms with E-state index in [9.17, 15) is 4.79 Å². The van der Waals surface area contributed by atoms with Crippen LogP contribution in [-0.2, 0) is 6.42 Å². The first-order valence-corrected chi connectivity index (χ1v) is 5.21. The third kappa shape index (κ3) is 2.53. The minimum Gasteiger partial charge on any atom is -0.448 e. The standard InChI is InChI=1S/C11H8BrNO2/c12-9-3-1-8(2-4-9)5-11-13-10(6-14)7-15-11/h1-4,6-7H,5H2. The molecule has 0 unspecified atom stereocenters. The van der Waals surface area contributed by atoms with E-state index in [1.54, 1.807) is 0 Å². The van der Waals surface area contributed by atoms with Crippen molar-refractivity contribution < 1.29 is 9.21 Å². The first kappa shape index (κ1) is 10.1. The third-order valence-corrected chi connectivity index (χ3v) is 2.49. The van der Waals surface area contributed by atoms with Gasteiger partial charge in [0, 0.05) is 10.9 Å². The van der Waals surface area contributed by atoms with Crippen molar-refractivity contribution in [2.45, 2.75) is 6.42 Å². The summed E-state index contributed by atoms with van der Waals surface area (Å²) in [6.07, 6.45) is 2.64. The van der Waals surface area contributed by atoms with Crippen molar-refractivity contribution in [3.05, 3.63) is 52.1 Å². The van der Waals surface area contributed by atoms with Gasteiger partial charge in [0.1, 0.15) is 12.0 Å². The van der Waals surface area contributed by atoms with Crippen LogP contribution in [0.1, 0.15) is 21.9 Å². The topological polar surface area (TPSA) is 43.1 Å². The number of oxazole rings is 1. The number of aldehydes is 1. The van der Waals surface area contributed by atoms with Gasteiger partial charge in [-0.1, -0.05) is 28.1 Å². The number of hydrogen-bond acceptors (Lipinski definition) is 3. The van der Waals surface area contributed by atoms with Crippen molar-refractivity contribution in [1.29, 1.82) is 0 Å². The number of benzene rings is 1. The lowest BCUT2D eigenvalue weighted by molar-refractivity contribution is 0.111. The molecule has 15 heavy (non-hydrogen) atoms. The monoisotopic (exact) mass is 265 g/mol. The summed E-state index contributed by atoms with van der Waals surface area (Å²) in [7, 11) is 0. The summed E-state index contributed by atoms with van der Waals surface area (Å²) < 4.78 is 6.17. The Hall–Kier alpha value is -1.42. The fourth-order valence-corrected chi connectivity index (χ4v) is 1.50. The summed E-state index contributed by atoms with van der Waals surface area (Å²) in [5, 5.41) is 0. The largest absolute Gasteiger partial charge is 0.448 e. The van der Waals surface area contributed by atoms with Gasteiger partial charge in [-0.15, -0.1) is 0 Å². The molecule has 76 valence electrons. The van der Waals surface area contributed by atoms with Crippen LogP contribution in [0, 0.1) is 0 Å². The molecule has 3 nitrogen and oxygen atoms in total. The Morgan fingerprint density at radius 1 is 1.33 bits per heavy atom. The molecule has 0 saturated heterocycles. The molecule has 0 spiro atoms. The molecule has 1 aromatic carbocycles. The number of carbonyl (C=O) groups is 1. The van der Waals surface area contributed by atoms with E-state index in [0.29, 0.717) is 24.3 Å². The van der Waals surface area contributed by atoms with E-state index in [4.69, 9.17) is 4.42 Å². The van der Waals surface area contributed by atoms with Crippen LogP contribution in [0.4, 0.5) is 0 Å². The lowest BCUT2D eigenvalue weighted by Gasteiger charge is -1.96. The van der Waals surface area contributed by atoms with Crippen molar-refractivity contribution in [2.75, 3.05) is 0 Å². The summed E-state index contributed by atoms with van der Waals surface area (Å²) in [6, 6.07) is 7.88. The molecular weight excluding hydrogens is 258 g/mol. The molecule has 0 N–H and O–H groups in total. The first-order valence-electron chi connectivity index (χ1n) is 4.42. The lowest BCUT2D eigenvalue weighted by atomic mass is 10.1. The number of nitrogens with zero attached hydrogens (tertiary/aromatic N) is 1. The Morgan fingerprint density at radius 2 is 2.07 bits per heavy atom. The Kier molecular flexibility index (Phi) is 2.97. The quantitative estimate of drug-likeness (QED) is 0.802. The molecule has 1 aromatic heterocycles. The van der Waals surface area contributed by atoms with E-state index < -0.39 is 0 Å². The Balaban J connectivity index is 2.14. The fourth-order valence-electron chi connectivity index (χ4n) is 1.24. The van der Waals surface area contributed by atoms with Crippen LogP contribution in [0.5, 0.6) is 0 Å². The second kappa shape index (κ2) is 4.40. The highest BCUT2D eigenvalue weighted by Crippen LogP contribution is 2.13. The lowest BCUT2D eigenvalue weighted by Crippen LogP contribution is -1.88. The van der Waals surface area contributed by atoms with E-state index in [0.717, 1.165) is 10.0 Å². The number of rotatable bonds is 3. The van der Waals surface area contributed by atoms with Crippen LogP contribution < -0.4 is 0 Å². The van der Waals surface area contributed by atoms with E-state index in [2.05, 4.69) is 20.9 Å². The van der Waals surface area contributed by atoms with Crippen LogP contribution in [0.2, 0.25) is 0 Å². The molecule has 0 saturated carbocycles. The van der Waals surface area contributed by atoms with Gasteiger partial charge in [-0.3, -0.25) is 4.79 Å². The van der Waals surface area contributed by atoms with Gasteiger partial charge in [-0.25, -0.2) is 4.98 Å². The second-order valence-corrected chi connectivity index (χ2v) is 4.00. The zero-order valence-electron chi connectivity index (χ0n) is 7.81. The summed E-state index contributed by atoms with van der Waals surface area (Å²) in [5.74, 6) is 0.555. The highest BCUT2D eigenvalue weighted by atomic mass is 79.9. The zero-order valence-corrected chi connectivity index (χ0v) is 9.40. The molecule has 2 aromatic rings. The molecule has 0 aliphatic heterocycles. The highest BCUT2D eigenvalue weighted by molar-refractivity contribution is 9.10. The average Bonchev–Trinajstić information content (AvgIpc) is 2.69. The fraction of sp³-hybridized carbons (Fsp3) is 0.0909. The third-order valence-electron chi connectivity index (χ3n) is 1.96. The average molecular weight is 266 g/mol. The van der Waals surface area contributed by atoms with Crippen LogP contribution in [-0.4, -0.2) is 11.3 Å². The predicted molar refractivity (Wildman–Crippen MR) is 58.8 cm³/mol. The van der Waals surface area contributed by atoms with Crippen molar-refractivity contribution >= 4 is 22.2 Å². The smallest absolute Gasteiger partial charge is 0.199 e. The van der Waals surface area contributed by atoms with Crippen LogP contribution >= 0.6 is 15.9 Å². The Morgan fingerprint density at radius 3 is 2.67 bits per heavy atom. The normalized spacial score (nSPS) is 10.2. The molecule has 0 atom stereocenters. The van der Waals surface area contributed by atoms with Gasteiger partial charge in [-0.2, -0.15) is 0 Å². The molecule has 0 amide bonds. The Labute approximate surface area is 95.3 Å². The number of aromatic nitrogens is 1. The van der Waals surface area contributed by atoms with Crippen molar-refractivity contribution in [3.63, 3.8) is 0 Å². The molecule has 0 bridgehead atoms. The Bertz CT molecular complexity index is 462. The summed E-state index contributed by atoms with van der Waals surface area (Å²) in [5.41, 5.74) is 1.43. The molecule has 0 aliphatic rings. The maximum absolute atomic E-state index is 10.4. The van der Waals surface area contributed by atoms with Crippen LogP contribution in [0.25, 0.3) is 0 Å². The van der Waals surface area contributed by atoms with Gasteiger partial charge in [0.2, 0.25) is 0 Å². The molecule has 0 fully saturated rings. The molecule has 0 radical (unpaired) electrons. The summed E-state index contributed by atoms with van der Waals surface area (Å²) >= 11 is 3.36. The molecular formula is C11H8BrNO2. The summed E-state index contributed by atoms with van der Waals surface area (Å²) in [4.78, 5) is 14.4. The van der Waals surface area contributed by atoms with E-state index in [1.165, 1.54) is 6.26 Å². The number of carbonyl (C=O) groups excluding carboxylic acids is 1. The van der Waals surface area contributed by atoms with E-state index in [1.807, 2.05) is 24.3 Å². The minimum absolute atomic E-state index is 0.335. The number of halogens is 1. The molecule has 2 rings (SSSR count). The van der Waals surface area contributed by atoms with Gasteiger partial charge >= 0.3 is 0 Å². The highest BCUT2D eigenvalue weighted by Gasteiger charge is 2.03. The van der Waals surface area contributed by atoms with Crippen LogP contribution in [0.15, 0.2) is 39.4 Å². The van der Waals surface area contributed by atoms with Gasteiger partial charge < -0.3 is 4.42 Å². The van der Waals surface area contributed by atoms with Crippen molar-refractivity contribution in [1.82, 2.24) is 4.98 Å². The first-order chi connectivity index (χ1) is 7.28.